The first-order valence-corrected chi connectivity index (χ1v) is 18.9. The van der Waals surface area contributed by atoms with Crippen LogP contribution in [0.3, 0.4) is 0 Å². The Morgan fingerprint density at radius 3 is 2.20 bits per heavy atom. The zero-order valence-electron chi connectivity index (χ0n) is 23.9. The van der Waals surface area contributed by atoms with Gasteiger partial charge in [0.25, 0.3) is 25.2 Å². The molecule has 0 atom stereocenters. The highest BCUT2D eigenvalue weighted by atomic mass is 32.2. The van der Waals surface area contributed by atoms with E-state index in [2.05, 4.69) is 70.1 Å². The van der Waals surface area contributed by atoms with E-state index < -0.39 is 20.2 Å². The van der Waals surface area contributed by atoms with Gasteiger partial charge < -0.3 is 4.90 Å². The van der Waals surface area contributed by atoms with Crippen LogP contribution in [0, 0.1) is 0 Å². The SMILES string of the molecule is CC(=Cc1sc2c3ccccc3ccc2[n+]1CCCS(=O)(=O)O)C=C1Sc2c(ccc3ccccc23)N1CCCS(=O)(=O)O. The predicted octanol–water partition coefficient (Wildman–Crippen LogP) is 6.91. The van der Waals surface area contributed by atoms with E-state index in [1.165, 1.54) is 0 Å². The van der Waals surface area contributed by atoms with E-state index in [1.807, 2.05) is 31.2 Å². The molecule has 5 aromatic rings. The molecule has 1 aliphatic rings. The van der Waals surface area contributed by atoms with Crippen LogP contribution in [0.15, 0.2) is 94.4 Å². The summed E-state index contributed by atoms with van der Waals surface area (Å²) < 4.78 is 67.7. The lowest BCUT2D eigenvalue weighted by atomic mass is 10.1. The summed E-state index contributed by atoms with van der Waals surface area (Å²) in [5.41, 5.74) is 2.96. The second kappa shape index (κ2) is 12.3. The van der Waals surface area contributed by atoms with Crippen LogP contribution in [0.1, 0.15) is 24.8 Å². The number of thioether (sulfide) groups is 1. The number of aryl methyl sites for hydroxylation is 1. The first-order valence-electron chi connectivity index (χ1n) is 14.1. The summed E-state index contributed by atoms with van der Waals surface area (Å²) in [4.78, 5) is 3.20. The third-order valence-electron chi connectivity index (χ3n) is 7.51. The molecule has 0 radical (unpaired) electrons. The first kappa shape index (κ1) is 30.8. The molecule has 0 fully saturated rings. The Kier molecular flexibility index (Phi) is 8.57. The zero-order chi connectivity index (χ0) is 31.1. The van der Waals surface area contributed by atoms with E-state index >= 15 is 0 Å². The van der Waals surface area contributed by atoms with Crippen LogP contribution >= 0.6 is 23.1 Å². The quantitative estimate of drug-likeness (QED) is 0.122. The third-order valence-corrected chi connectivity index (χ3v) is 11.5. The molecule has 0 spiro atoms. The minimum Gasteiger partial charge on any atom is -0.335 e. The van der Waals surface area contributed by atoms with E-state index in [0.717, 1.165) is 58.0 Å². The summed E-state index contributed by atoms with van der Waals surface area (Å²) in [6, 6.07) is 24.5. The molecule has 1 aromatic heterocycles. The smallest absolute Gasteiger partial charge is 0.265 e. The fraction of sp³-hybridized carbons (Fsp3) is 0.219. The molecule has 0 bridgehead atoms. The van der Waals surface area contributed by atoms with Crippen LogP contribution in [-0.2, 0) is 26.8 Å². The van der Waals surface area contributed by atoms with Crippen molar-refractivity contribution in [3.05, 3.63) is 94.5 Å². The molecule has 4 aromatic carbocycles. The fourth-order valence-electron chi connectivity index (χ4n) is 5.58. The second-order valence-corrected chi connectivity index (χ2v) is 16.0. The van der Waals surface area contributed by atoms with Crippen LogP contribution in [0.25, 0.3) is 37.8 Å². The van der Waals surface area contributed by atoms with E-state index in [4.69, 9.17) is 0 Å². The van der Waals surface area contributed by atoms with Gasteiger partial charge in [-0.25, -0.2) is 0 Å². The molecular formula is C32H31N2O6S4+. The van der Waals surface area contributed by atoms with Gasteiger partial charge >= 0.3 is 0 Å². The van der Waals surface area contributed by atoms with Crippen molar-refractivity contribution in [1.82, 2.24) is 0 Å². The van der Waals surface area contributed by atoms with Crippen molar-refractivity contribution in [2.45, 2.75) is 31.2 Å². The predicted molar refractivity (Wildman–Crippen MR) is 180 cm³/mol. The lowest BCUT2D eigenvalue weighted by molar-refractivity contribution is -0.668. The summed E-state index contributed by atoms with van der Waals surface area (Å²) in [5.74, 6) is -0.642. The molecule has 2 N–H and O–H groups in total. The van der Waals surface area contributed by atoms with Crippen LogP contribution in [0.5, 0.6) is 0 Å². The highest BCUT2D eigenvalue weighted by Gasteiger charge is 2.28. The normalized spacial score (nSPS) is 15.2. The summed E-state index contributed by atoms with van der Waals surface area (Å²) in [5, 5.41) is 6.37. The number of fused-ring (bicyclic) bond motifs is 6. The lowest BCUT2D eigenvalue weighted by Gasteiger charge is -2.20. The molecule has 44 heavy (non-hydrogen) atoms. The van der Waals surface area contributed by atoms with Crippen molar-refractivity contribution < 1.29 is 30.5 Å². The van der Waals surface area contributed by atoms with Crippen LogP contribution in [0.4, 0.5) is 5.69 Å². The number of rotatable bonds is 10. The van der Waals surface area contributed by atoms with Crippen molar-refractivity contribution in [3.8, 4) is 0 Å². The van der Waals surface area contributed by atoms with Gasteiger partial charge in [0.1, 0.15) is 4.70 Å². The number of aromatic nitrogens is 1. The van der Waals surface area contributed by atoms with Gasteiger partial charge in [-0.1, -0.05) is 77.7 Å². The maximum absolute atomic E-state index is 11.5. The van der Waals surface area contributed by atoms with Crippen molar-refractivity contribution >= 4 is 86.9 Å². The maximum atomic E-state index is 11.5. The Labute approximate surface area is 264 Å². The molecule has 6 rings (SSSR count). The Morgan fingerprint density at radius 2 is 1.48 bits per heavy atom. The van der Waals surface area contributed by atoms with Crippen LogP contribution in [0.2, 0.25) is 0 Å². The van der Waals surface area contributed by atoms with Gasteiger partial charge in [0.05, 0.1) is 22.2 Å². The monoisotopic (exact) mass is 667 g/mol. The van der Waals surface area contributed by atoms with Gasteiger partial charge in [-0.15, -0.1) is 0 Å². The molecule has 1 aliphatic heterocycles. The van der Waals surface area contributed by atoms with E-state index in [-0.39, 0.29) is 24.3 Å². The van der Waals surface area contributed by atoms with Crippen molar-refractivity contribution in [2.24, 2.45) is 0 Å². The number of nitrogens with zero attached hydrogens (tertiary/aromatic N) is 2. The Bertz CT molecular complexity index is 2190. The number of hydrogen-bond acceptors (Lipinski definition) is 7. The number of anilines is 1. The molecule has 0 saturated heterocycles. The molecule has 8 nitrogen and oxygen atoms in total. The number of hydrogen-bond donors (Lipinski definition) is 2. The molecule has 228 valence electrons. The van der Waals surface area contributed by atoms with E-state index in [0.29, 0.717) is 13.1 Å². The summed E-state index contributed by atoms with van der Waals surface area (Å²) in [7, 11) is -8.16. The molecule has 0 amide bonds. The van der Waals surface area contributed by atoms with Gasteiger partial charge in [0.15, 0.2) is 6.54 Å². The average molecular weight is 668 g/mol. The van der Waals surface area contributed by atoms with Gasteiger partial charge in [-0.2, -0.15) is 21.4 Å². The van der Waals surface area contributed by atoms with Crippen molar-refractivity contribution in [2.75, 3.05) is 23.0 Å². The van der Waals surface area contributed by atoms with Gasteiger partial charge in [0.2, 0.25) is 5.52 Å². The lowest BCUT2D eigenvalue weighted by Crippen LogP contribution is -2.36. The molecule has 0 unspecified atom stereocenters. The maximum Gasteiger partial charge on any atom is 0.265 e. The molecule has 12 heteroatoms. The van der Waals surface area contributed by atoms with Crippen molar-refractivity contribution in [1.29, 1.82) is 0 Å². The van der Waals surface area contributed by atoms with Crippen LogP contribution in [-0.4, -0.2) is 44.0 Å². The van der Waals surface area contributed by atoms with Gasteiger partial charge in [0, 0.05) is 35.4 Å². The topological polar surface area (TPSA) is 116 Å². The molecular weight excluding hydrogens is 637 g/mol. The molecule has 2 heterocycles. The highest BCUT2D eigenvalue weighted by Crippen LogP contribution is 2.49. The Hall–Kier alpha value is -3.26. The Balaban J connectivity index is 1.40. The molecule has 0 aliphatic carbocycles. The standard InChI is InChI=1S/C32H30N2O6S4/c1-22(20-29-33(16-6-18-43(35,36)37)27-14-12-23-8-2-4-10-25(23)31(27)41-29)21-30-34(17-7-19-44(38,39)40)28-15-13-24-9-3-5-11-26(24)32(28)42-30/h2-5,8-15,20-21H,6-7,16-19H2,1H3,(H-,35,36,37,38,39,40)/p+1. The van der Waals surface area contributed by atoms with Gasteiger partial charge in [-0.05, 0) is 53.3 Å². The van der Waals surface area contributed by atoms with E-state index in [9.17, 15) is 25.9 Å². The van der Waals surface area contributed by atoms with Crippen LogP contribution < -0.4 is 9.47 Å². The summed E-state index contributed by atoms with van der Waals surface area (Å²) >= 11 is 3.27. The highest BCUT2D eigenvalue weighted by molar-refractivity contribution is 8.04. The Morgan fingerprint density at radius 1 is 0.841 bits per heavy atom. The average Bonchev–Trinajstić information content (AvgIpc) is 3.49. The second-order valence-electron chi connectivity index (χ2n) is 10.8. The number of benzene rings is 4. The third kappa shape index (κ3) is 6.70. The first-order chi connectivity index (χ1) is 21.0. The summed E-state index contributed by atoms with van der Waals surface area (Å²) in [6.07, 6.45) is 4.70. The zero-order valence-corrected chi connectivity index (χ0v) is 27.1. The fourth-order valence-corrected chi connectivity index (χ4v) is 9.23. The van der Waals surface area contributed by atoms with Crippen molar-refractivity contribution in [3.63, 3.8) is 0 Å². The largest absolute Gasteiger partial charge is 0.335 e. The summed E-state index contributed by atoms with van der Waals surface area (Å²) in [6.45, 7) is 2.85. The minimum absolute atomic E-state index is 0.267. The van der Waals surface area contributed by atoms with Gasteiger partial charge in [-0.3, -0.25) is 9.11 Å². The molecule has 0 saturated carbocycles. The minimum atomic E-state index is -4.08. The number of allylic oxidation sites excluding steroid dienone is 2. The van der Waals surface area contributed by atoms with E-state index in [1.54, 1.807) is 23.1 Å². The number of thiazole rings is 1.